The molecule has 1 amide bonds. The highest BCUT2D eigenvalue weighted by Gasteiger charge is 2.35. The summed E-state index contributed by atoms with van der Waals surface area (Å²) in [4.78, 5) is 31.5. The number of aromatic nitrogens is 4. The number of hydrogen-bond donors (Lipinski definition) is 1. The van der Waals surface area contributed by atoms with E-state index in [4.69, 9.17) is 0 Å². The van der Waals surface area contributed by atoms with Crippen molar-refractivity contribution in [2.75, 3.05) is 5.43 Å². The standard InChI is InChI=1S/C16H14F3N5O2S/c1-7-20-14-12(8-4-3-5-10(8)27-14)15(26)24(7)22-13(25)9-6-11(16(17,18)19)21-23(9)2/h6H,3-5H2,1-2H3,(H,22,25). The van der Waals surface area contributed by atoms with Crippen LogP contribution in [0.2, 0.25) is 0 Å². The van der Waals surface area contributed by atoms with E-state index in [1.54, 1.807) is 6.92 Å². The van der Waals surface area contributed by atoms with Gasteiger partial charge < -0.3 is 0 Å². The maximum absolute atomic E-state index is 12.9. The maximum Gasteiger partial charge on any atom is 0.435 e. The minimum atomic E-state index is -4.67. The van der Waals surface area contributed by atoms with E-state index in [0.717, 1.165) is 39.1 Å². The predicted molar refractivity (Wildman–Crippen MR) is 92.5 cm³/mol. The topological polar surface area (TPSA) is 81.8 Å². The third-order valence-corrected chi connectivity index (χ3v) is 5.71. The molecule has 3 aromatic heterocycles. The van der Waals surface area contributed by atoms with Gasteiger partial charge in [0.15, 0.2) is 5.69 Å². The number of rotatable bonds is 2. The summed E-state index contributed by atoms with van der Waals surface area (Å²) in [6.07, 6.45) is -2.02. The van der Waals surface area contributed by atoms with Crippen LogP contribution < -0.4 is 11.0 Å². The van der Waals surface area contributed by atoms with Gasteiger partial charge in [-0.2, -0.15) is 18.3 Å². The molecule has 0 aromatic carbocycles. The highest BCUT2D eigenvalue weighted by molar-refractivity contribution is 7.18. The number of carbonyl (C=O) groups excluding carboxylic acids is 1. The zero-order valence-corrected chi connectivity index (χ0v) is 15.2. The summed E-state index contributed by atoms with van der Waals surface area (Å²) >= 11 is 1.47. The zero-order valence-electron chi connectivity index (χ0n) is 14.3. The van der Waals surface area contributed by atoms with Gasteiger partial charge in [-0.15, -0.1) is 11.3 Å². The number of amides is 1. The minimum absolute atomic E-state index is 0.249. The van der Waals surface area contributed by atoms with Crippen molar-refractivity contribution >= 4 is 27.5 Å². The third kappa shape index (κ3) is 2.82. The molecule has 27 heavy (non-hydrogen) atoms. The van der Waals surface area contributed by atoms with Crippen LogP contribution >= 0.6 is 11.3 Å². The van der Waals surface area contributed by atoms with Crippen molar-refractivity contribution in [3.63, 3.8) is 0 Å². The van der Waals surface area contributed by atoms with Gasteiger partial charge in [0.1, 0.15) is 16.3 Å². The van der Waals surface area contributed by atoms with Crippen molar-refractivity contribution in [2.24, 2.45) is 7.05 Å². The van der Waals surface area contributed by atoms with Crippen LogP contribution in [0.1, 0.15) is 38.9 Å². The first kappa shape index (κ1) is 17.7. The molecule has 3 aromatic rings. The van der Waals surface area contributed by atoms with Gasteiger partial charge in [0, 0.05) is 18.0 Å². The Morgan fingerprint density at radius 2 is 2.07 bits per heavy atom. The maximum atomic E-state index is 12.9. The Balaban J connectivity index is 1.75. The van der Waals surface area contributed by atoms with Crippen LogP contribution in [0.15, 0.2) is 10.9 Å². The molecule has 0 saturated carbocycles. The number of nitrogens with one attached hydrogen (secondary N) is 1. The lowest BCUT2D eigenvalue weighted by atomic mass is 10.2. The molecule has 0 unspecified atom stereocenters. The monoisotopic (exact) mass is 397 g/mol. The molecule has 0 atom stereocenters. The van der Waals surface area contributed by atoms with E-state index in [1.807, 2.05) is 0 Å². The van der Waals surface area contributed by atoms with Gasteiger partial charge in [-0.05, 0) is 31.7 Å². The molecule has 142 valence electrons. The van der Waals surface area contributed by atoms with E-state index in [0.29, 0.717) is 16.3 Å². The molecule has 4 rings (SSSR count). The molecule has 11 heteroatoms. The fourth-order valence-electron chi connectivity index (χ4n) is 3.25. The summed E-state index contributed by atoms with van der Waals surface area (Å²) in [7, 11) is 1.23. The summed E-state index contributed by atoms with van der Waals surface area (Å²) in [5, 5.41) is 3.78. The first-order chi connectivity index (χ1) is 12.7. The van der Waals surface area contributed by atoms with Gasteiger partial charge in [0.2, 0.25) is 0 Å². The van der Waals surface area contributed by atoms with E-state index in [-0.39, 0.29) is 11.5 Å². The highest BCUT2D eigenvalue weighted by Crippen LogP contribution is 2.34. The Bertz CT molecular complexity index is 1140. The third-order valence-electron chi connectivity index (χ3n) is 4.52. The van der Waals surface area contributed by atoms with Crippen molar-refractivity contribution in [1.29, 1.82) is 0 Å². The number of aryl methyl sites for hydroxylation is 4. The van der Waals surface area contributed by atoms with Gasteiger partial charge >= 0.3 is 6.18 Å². The number of halogens is 3. The highest BCUT2D eigenvalue weighted by atomic mass is 32.1. The van der Waals surface area contributed by atoms with Gasteiger partial charge in [-0.3, -0.25) is 19.7 Å². The van der Waals surface area contributed by atoms with Gasteiger partial charge in [0.25, 0.3) is 11.5 Å². The largest absolute Gasteiger partial charge is 0.435 e. The molecule has 1 N–H and O–H groups in total. The SMILES string of the molecule is Cc1nc2sc3c(c2c(=O)n1NC(=O)c1cc(C(F)(F)F)nn1C)CCC3. The lowest BCUT2D eigenvalue weighted by Gasteiger charge is -2.11. The van der Waals surface area contributed by atoms with Crippen LogP contribution in [0.25, 0.3) is 10.2 Å². The second-order valence-electron chi connectivity index (χ2n) is 6.31. The van der Waals surface area contributed by atoms with Crippen LogP contribution in [-0.4, -0.2) is 25.3 Å². The van der Waals surface area contributed by atoms with Crippen LogP contribution in [0.3, 0.4) is 0 Å². The molecule has 3 heterocycles. The van der Waals surface area contributed by atoms with Crippen molar-refractivity contribution < 1.29 is 18.0 Å². The number of thiophene rings is 1. The lowest BCUT2D eigenvalue weighted by molar-refractivity contribution is -0.141. The van der Waals surface area contributed by atoms with Crippen molar-refractivity contribution in [3.05, 3.63) is 44.1 Å². The molecule has 0 radical (unpaired) electrons. The van der Waals surface area contributed by atoms with E-state index < -0.39 is 23.3 Å². The molecule has 0 saturated heterocycles. The fraction of sp³-hybridized carbons (Fsp3) is 0.375. The lowest BCUT2D eigenvalue weighted by Crippen LogP contribution is -2.36. The zero-order chi connectivity index (χ0) is 19.5. The Labute approximate surface area is 154 Å². The summed E-state index contributed by atoms with van der Waals surface area (Å²) < 4.78 is 40.2. The minimum Gasteiger partial charge on any atom is -0.267 e. The van der Waals surface area contributed by atoms with Gasteiger partial charge in [-0.25, -0.2) is 9.66 Å². The van der Waals surface area contributed by atoms with E-state index in [2.05, 4.69) is 15.5 Å². The fourth-order valence-corrected chi connectivity index (χ4v) is 4.55. The molecule has 7 nitrogen and oxygen atoms in total. The molecule has 0 bridgehead atoms. The second kappa shape index (κ2) is 5.91. The van der Waals surface area contributed by atoms with Crippen LogP contribution in [0.5, 0.6) is 0 Å². The Morgan fingerprint density at radius 3 is 2.74 bits per heavy atom. The van der Waals surface area contributed by atoms with Gasteiger partial charge in [0.05, 0.1) is 5.39 Å². The molecule has 0 aliphatic heterocycles. The number of fused-ring (bicyclic) bond motifs is 3. The summed E-state index contributed by atoms with van der Waals surface area (Å²) in [5.41, 5.74) is 1.39. The number of hydrogen-bond acceptors (Lipinski definition) is 5. The van der Waals surface area contributed by atoms with Crippen molar-refractivity contribution in [3.8, 4) is 0 Å². The summed E-state index contributed by atoms with van der Waals surface area (Å²) in [6, 6.07) is 0.643. The summed E-state index contributed by atoms with van der Waals surface area (Å²) in [6.45, 7) is 1.55. The average Bonchev–Trinajstić information content (AvgIpc) is 3.24. The van der Waals surface area contributed by atoms with Gasteiger partial charge in [-0.1, -0.05) is 0 Å². The Morgan fingerprint density at radius 1 is 1.33 bits per heavy atom. The predicted octanol–water partition coefficient (Wildman–Crippen LogP) is 2.39. The second-order valence-corrected chi connectivity index (χ2v) is 7.40. The van der Waals surface area contributed by atoms with E-state index >= 15 is 0 Å². The summed E-state index contributed by atoms with van der Waals surface area (Å²) in [5.74, 6) is -0.627. The first-order valence-electron chi connectivity index (χ1n) is 8.13. The van der Waals surface area contributed by atoms with Crippen molar-refractivity contribution in [2.45, 2.75) is 32.4 Å². The molecule has 0 fully saturated rings. The molecule has 1 aliphatic carbocycles. The molecule has 0 spiro atoms. The smallest absolute Gasteiger partial charge is 0.267 e. The van der Waals surface area contributed by atoms with E-state index in [1.165, 1.54) is 18.4 Å². The normalized spacial score (nSPS) is 14.0. The number of alkyl halides is 3. The first-order valence-corrected chi connectivity index (χ1v) is 8.95. The Kier molecular flexibility index (Phi) is 3.88. The average molecular weight is 397 g/mol. The molecular formula is C16H14F3N5O2S. The Hall–Kier alpha value is -2.69. The quantitative estimate of drug-likeness (QED) is 0.720. The van der Waals surface area contributed by atoms with Crippen LogP contribution in [0.4, 0.5) is 13.2 Å². The van der Waals surface area contributed by atoms with Crippen LogP contribution in [-0.2, 0) is 26.1 Å². The molecular weight excluding hydrogens is 383 g/mol. The molecule has 1 aliphatic rings. The van der Waals surface area contributed by atoms with Crippen LogP contribution in [0, 0.1) is 6.92 Å². The van der Waals surface area contributed by atoms with Crippen molar-refractivity contribution in [1.82, 2.24) is 19.4 Å². The van der Waals surface area contributed by atoms with E-state index in [9.17, 15) is 22.8 Å². The number of carbonyl (C=O) groups is 1. The number of nitrogens with zero attached hydrogens (tertiary/aromatic N) is 4.